The predicted octanol–water partition coefficient (Wildman–Crippen LogP) is 3.65. The zero-order valence-corrected chi connectivity index (χ0v) is 13.0. The maximum absolute atomic E-state index is 11.7. The molecule has 1 aromatic heterocycles. The van der Waals surface area contributed by atoms with Crippen LogP contribution in [0.25, 0.3) is 10.4 Å². The van der Waals surface area contributed by atoms with Crippen molar-refractivity contribution in [3.63, 3.8) is 0 Å². The summed E-state index contributed by atoms with van der Waals surface area (Å²) in [6.07, 6.45) is -0.555. The summed E-state index contributed by atoms with van der Waals surface area (Å²) in [5.41, 5.74) is 0.928. The summed E-state index contributed by atoms with van der Waals surface area (Å²) in [6.45, 7) is 5.20. The minimum atomic E-state index is -0.566. The number of anilines is 1. The molecule has 0 aliphatic rings. The fourth-order valence-corrected chi connectivity index (χ4v) is 2.68. The molecule has 6 heteroatoms. The van der Waals surface area contributed by atoms with E-state index in [-0.39, 0.29) is 6.61 Å². The van der Waals surface area contributed by atoms with Gasteiger partial charge in [-0.1, -0.05) is 41.7 Å². The number of aliphatic hydroxyl groups is 1. The molecule has 2 aromatic rings. The van der Waals surface area contributed by atoms with Crippen LogP contribution >= 0.6 is 11.3 Å². The normalized spacial score (nSPS) is 11.2. The Morgan fingerprint density at radius 1 is 1.33 bits per heavy atom. The molecule has 2 N–H and O–H groups in total. The Bertz CT molecular complexity index is 618. The molecular weight excluding hydrogens is 288 g/mol. The van der Waals surface area contributed by atoms with Crippen LogP contribution in [0.2, 0.25) is 0 Å². The first-order chi connectivity index (χ1) is 9.89. The van der Waals surface area contributed by atoms with Crippen LogP contribution in [0.4, 0.5) is 9.93 Å². The third-order valence-corrected chi connectivity index (χ3v) is 3.55. The van der Waals surface area contributed by atoms with Gasteiger partial charge in [0, 0.05) is 0 Å². The largest absolute Gasteiger partial charge is 0.444 e. The molecule has 0 bridgehead atoms. The topological polar surface area (TPSA) is 71.5 Å². The Morgan fingerprint density at radius 3 is 2.57 bits per heavy atom. The molecule has 0 spiro atoms. The third kappa shape index (κ3) is 4.27. The number of nitrogens with zero attached hydrogens (tertiary/aromatic N) is 1. The van der Waals surface area contributed by atoms with E-state index < -0.39 is 11.7 Å². The molecule has 0 saturated heterocycles. The van der Waals surface area contributed by atoms with Crippen LogP contribution in [-0.2, 0) is 11.3 Å². The van der Waals surface area contributed by atoms with E-state index in [1.54, 1.807) is 20.8 Å². The maximum atomic E-state index is 11.7. The lowest BCUT2D eigenvalue weighted by atomic mass is 10.1. The molecule has 112 valence electrons. The van der Waals surface area contributed by atoms with Gasteiger partial charge in [-0.3, -0.25) is 5.32 Å². The Hall–Kier alpha value is -1.92. The number of benzene rings is 1. The minimum Gasteiger partial charge on any atom is -0.444 e. The van der Waals surface area contributed by atoms with Crippen LogP contribution in [0.5, 0.6) is 0 Å². The Balaban J connectivity index is 2.20. The highest BCUT2D eigenvalue weighted by Gasteiger charge is 2.19. The van der Waals surface area contributed by atoms with Gasteiger partial charge in [-0.25, -0.2) is 9.78 Å². The summed E-state index contributed by atoms with van der Waals surface area (Å²) in [4.78, 5) is 16.8. The molecule has 0 saturated carbocycles. The lowest BCUT2D eigenvalue weighted by Crippen LogP contribution is -2.27. The monoisotopic (exact) mass is 306 g/mol. The molecule has 0 aliphatic heterocycles. The van der Waals surface area contributed by atoms with Crippen LogP contribution in [0.1, 0.15) is 26.5 Å². The molecule has 1 heterocycles. The Labute approximate surface area is 127 Å². The van der Waals surface area contributed by atoms with Gasteiger partial charge in [0.25, 0.3) is 0 Å². The standard InChI is InChI=1S/C15H18N2O3S/c1-15(2,3)20-14(19)17-13-16-11(9-18)12(21-13)10-7-5-4-6-8-10/h4-8,18H,9H2,1-3H3,(H,16,17,19). The van der Waals surface area contributed by atoms with E-state index in [0.29, 0.717) is 10.8 Å². The smallest absolute Gasteiger partial charge is 0.413 e. The van der Waals surface area contributed by atoms with Crippen LogP contribution in [-0.4, -0.2) is 21.8 Å². The second-order valence-corrected chi connectivity index (χ2v) is 6.44. The zero-order valence-electron chi connectivity index (χ0n) is 12.2. The number of amides is 1. The number of carbonyl (C=O) groups excluding carboxylic acids is 1. The fourth-order valence-electron chi connectivity index (χ4n) is 1.72. The number of nitrogens with one attached hydrogen (secondary N) is 1. The second kappa shape index (κ2) is 6.24. The first kappa shape index (κ1) is 15.5. The second-order valence-electron chi connectivity index (χ2n) is 5.45. The molecule has 1 amide bonds. The number of carbonyl (C=O) groups is 1. The van der Waals surface area contributed by atoms with Crippen molar-refractivity contribution in [2.75, 3.05) is 5.32 Å². The molecule has 2 rings (SSSR count). The van der Waals surface area contributed by atoms with Crippen molar-refractivity contribution in [1.82, 2.24) is 4.98 Å². The number of hydrogen-bond acceptors (Lipinski definition) is 5. The van der Waals surface area contributed by atoms with E-state index in [0.717, 1.165) is 10.4 Å². The van der Waals surface area contributed by atoms with Gasteiger partial charge >= 0.3 is 6.09 Å². The summed E-state index contributed by atoms with van der Waals surface area (Å²) in [6, 6.07) is 9.62. The summed E-state index contributed by atoms with van der Waals surface area (Å²) >= 11 is 1.31. The van der Waals surface area contributed by atoms with Gasteiger partial charge in [0.15, 0.2) is 5.13 Å². The van der Waals surface area contributed by atoms with Gasteiger partial charge in [-0.15, -0.1) is 0 Å². The Morgan fingerprint density at radius 2 is 2.00 bits per heavy atom. The van der Waals surface area contributed by atoms with E-state index in [2.05, 4.69) is 10.3 Å². The SMILES string of the molecule is CC(C)(C)OC(=O)Nc1nc(CO)c(-c2ccccc2)s1. The molecule has 5 nitrogen and oxygen atoms in total. The van der Waals surface area contributed by atoms with E-state index >= 15 is 0 Å². The summed E-state index contributed by atoms with van der Waals surface area (Å²) in [7, 11) is 0. The van der Waals surface area contributed by atoms with E-state index in [1.165, 1.54) is 11.3 Å². The van der Waals surface area contributed by atoms with Crippen LogP contribution in [0.3, 0.4) is 0 Å². The van der Waals surface area contributed by atoms with Crippen LogP contribution < -0.4 is 5.32 Å². The van der Waals surface area contributed by atoms with Crippen molar-refractivity contribution in [2.24, 2.45) is 0 Å². The van der Waals surface area contributed by atoms with Crippen molar-refractivity contribution in [3.8, 4) is 10.4 Å². The van der Waals surface area contributed by atoms with Gasteiger partial charge < -0.3 is 9.84 Å². The Kier molecular flexibility index (Phi) is 4.59. The van der Waals surface area contributed by atoms with Gasteiger partial charge in [0.05, 0.1) is 17.2 Å². The molecule has 0 aliphatic carbocycles. The van der Waals surface area contributed by atoms with E-state index in [4.69, 9.17) is 4.74 Å². The fraction of sp³-hybridized carbons (Fsp3) is 0.333. The van der Waals surface area contributed by atoms with Gasteiger partial charge in [0.2, 0.25) is 0 Å². The number of thiazole rings is 1. The molecular formula is C15H18N2O3S. The zero-order chi connectivity index (χ0) is 15.5. The van der Waals surface area contributed by atoms with Crippen molar-refractivity contribution in [1.29, 1.82) is 0 Å². The van der Waals surface area contributed by atoms with Gasteiger partial charge in [-0.05, 0) is 26.3 Å². The quantitative estimate of drug-likeness (QED) is 0.908. The van der Waals surface area contributed by atoms with Crippen molar-refractivity contribution in [2.45, 2.75) is 33.0 Å². The number of aliphatic hydroxyl groups excluding tert-OH is 1. The van der Waals surface area contributed by atoms with E-state index in [9.17, 15) is 9.90 Å². The minimum absolute atomic E-state index is 0.184. The highest BCUT2D eigenvalue weighted by molar-refractivity contribution is 7.19. The number of rotatable bonds is 3. The third-order valence-electron chi connectivity index (χ3n) is 2.49. The maximum Gasteiger partial charge on any atom is 0.413 e. The van der Waals surface area contributed by atoms with E-state index in [1.807, 2.05) is 30.3 Å². The molecule has 1 aromatic carbocycles. The van der Waals surface area contributed by atoms with Gasteiger partial charge in [-0.2, -0.15) is 0 Å². The van der Waals surface area contributed by atoms with Crippen molar-refractivity contribution in [3.05, 3.63) is 36.0 Å². The molecule has 0 radical (unpaired) electrons. The summed E-state index contributed by atoms with van der Waals surface area (Å²) in [5.74, 6) is 0. The van der Waals surface area contributed by atoms with Crippen molar-refractivity contribution >= 4 is 22.6 Å². The van der Waals surface area contributed by atoms with Crippen LogP contribution in [0.15, 0.2) is 30.3 Å². The van der Waals surface area contributed by atoms with Gasteiger partial charge in [0.1, 0.15) is 5.60 Å². The lowest BCUT2D eigenvalue weighted by Gasteiger charge is -2.18. The summed E-state index contributed by atoms with van der Waals surface area (Å²) < 4.78 is 5.18. The van der Waals surface area contributed by atoms with Crippen LogP contribution in [0, 0.1) is 0 Å². The molecule has 0 unspecified atom stereocenters. The highest BCUT2D eigenvalue weighted by atomic mass is 32.1. The predicted molar refractivity (Wildman–Crippen MR) is 83.3 cm³/mol. The average molecular weight is 306 g/mol. The number of hydrogen-bond donors (Lipinski definition) is 2. The first-order valence-electron chi connectivity index (χ1n) is 6.55. The summed E-state index contributed by atoms with van der Waals surface area (Å²) in [5, 5.41) is 12.4. The molecule has 0 atom stereocenters. The average Bonchev–Trinajstić information content (AvgIpc) is 2.80. The number of ether oxygens (including phenoxy) is 1. The number of aromatic nitrogens is 1. The molecule has 0 fully saturated rings. The highest BCUT2D eigenvalue weighted by Crippen LogP contribution is 2.33. The lowest BCUT2D eigenvalue weighted by molar-refractivity contribution is 0.0636. The first-order valence-corrected chi connectivity index (χ1v) is 7.36. The van der Waals surface area contributed by atoms with Crippen molar-refractivity contribution < 1.29 is 14.6 Å². The molecule has 21 heavy (non-hydrogen) atoms.